The maximum absolute atomic E-state index is 12.5. The summed E-state index contributed by atoms with van der Waals surface area (Å²) in [7, 11) is 0. The zero-order valence-corrected chi connectivity index (χ0v) is 7.76. The van der Waals surface area contributed by atoms with Gasteiger partial charge in [0.1, 0.15) is 0 Å². The predicted molar refractivity (Wildman–Crippen MR) is 49.2 cm³/mol. The van der Waals surface area contributed by atoms with E-state index in [9.17, 15) is 13.6 Å². The quantitative estimate of drug-likeness (QED) is 0.780. The number of nitrogens with zero attached hydrogens (tertiary/aromatic N) is 1. The standard InChI is InChI=1S/C9H9F2N3O/c10-9(11)8-6(1-2-12)14-5(4-13)3-7(8)15/h3,9H,1,4,13H2,(H,14,15). The van der Waals surface area contributed by atoms with Crippen LogP contribution in [0.5, 0.6) is 0 Å². The van der Waals surface area contributed by atoms with Crippen LogP contribution in [-0.4, -0.2) is 4.98 Å². The molecule has 6 heteroatoms. The third kappa shape index (κ3) is 2.39. The number of alkyl halides is 2. The zero-order chi connectivity index (χ0) is 11.4. The molecular weight excluding hydrogens is 204 g/mol. The van der Waals surface area contributed by atoms with E-state index in [1.165, 1.54) is 0 Å². The summed E-state index contributed by atoms with van der Waals surface area (Å²) in [5.41, 5.74) is 4.13. The molecule has 0 spiro atoms. The van der Waals surface area contributed by atoms with Crippen LogP contribution in [0.2, 0.25) is 0 Å². The highest BCUT2D eigenvalue weighted by Crippen LogP contribution is 2.18. The van der Waals surface area contributed by atoms with Gasteiger partial charge in [0.25, 0.3) is 6.43 Å². The first-order valence-electron chi connectivity index (χ1n) is 4.20. The number of halogens is 2. The molecule has 0 atom stereocenters. The molecule has 4 nitrogen and oxygen atoms in total. The second kappa shape index (κ2) is 4.66. The van der Waals surface area contributed by atoms with E-state index in [-0.39, 0.29) is 18.7 Å². The van der Waals surface area contributed by atoms with Crippen LogP contribution < -0.4 is 11.2 Å². The van der Waals surface area contributed by atoms with E-state index < -0.39 is 17.4 Å². The molecule has 0 radical (unpaired) electrons. The molecule has 0 saturated heterocycles. The lowest BCUT2D eigenvalue weighted by Gasteiger charge is -2.07. The van der Waals surface area contributed by atoms with Gasteiger partial charge in [-0.3, -0.25) is 4.79 Å². The number of hydrogen-bond donors (Lipinski definition) is 2. The van der Waals surface area contributed by atoms with Crippen LogP contribution in [0.15, 0.2) is 10.9 Å². The minimum Gasteiger partial charge on any atom is -0.360 e. The Labute approximate surface area is 84.3 Å². The van der Waals surface area contributed by atoms with E-state index in [0.29, 0.717) is 5.69 Å². The lowest BCUT2D eigenvalue weighted by molar-refractivity contribution is 0.148. The van der Waals surface area contributed by atoms with Crippen molar-refractivity contribution in [3.05, 3.63) is 33.2 Å². The number of H-pyrrole nitrogens is 1. The summed E-state index contributed by atoms with van der Waals surface area (Å²) >= 11 is 0. The van der Waals surface area contributed by atoms with Crippen molar-refractivity contribution >= 4 is 0 Å². The first-order valence-corrected chi connectivity index (χ1v) is 4.20. The molecule has 0 aromatic carbocycles. The summed E-state index contributed by atoms with van der Waals surface area (Å²) in [6.07, 6.45) is -3.15. The van der Waals surface area contributed by atoms with Gasteiger partial charge in [-0.25, -0.2) is 8.78 Å². The van der Waals surface area contributed by atoms with Crippen LogP contribution in [0.25, 0.3) is 0 Å². The highest BCUT2D eigenvalue weighted by molar-refractivity contribution is 5.26. The number of rotatable bonds is 3. The smallest absolute Gasteiger partial charge is 0.269 e. The molecule has 0 saturated carbocycles. The van der Waals surface area contributed by atoms with E-state index in [2.05, 4.69) is 4.98 Å². The number of pyridine rings is 1. The van der Waals surface area contributed by atoms with Crippen LogP contribution in [0.4, 0.5) is 8.78 Å². The molecule has 0 bridgehead atoms. The number of nitriles is 1. The maximum Gasteiger partial charge on any atom is 0.269 e. The van der Waals surface area contributed by atoms with Gasteiger partial charge in [-0.2, -0.15) is 5.26 Å². The minimum atomic E-state index is -2.89. The lowest BCUT2D eigenvalue weighted by atomic mass is 10.1. The number of nitrogens with two attached hydrogens (primary N) is 1. The Morgan fingerprint density at radius 1 is 1.60 bits per heavy atom. The first-order chi connectivity index (χ1) is 7.10. The Balaban J connectivity index is 3.37. The Hall–Kier alpha value is -1.74. The second-order valence-electron chi connectivity index (χ2n) is 2.89. The van der Waals surface area contributed by atoms with Crippen LogP contribution in [0.1, 0.15) is 23.4 Å². The van der Waals surface area contributed by atoms with Gasteiger partial charge >= 0.3 is 0 Å². The summed E-state index contributed by atoms with van der Waals surface area (Å²) < 4.78 is 25.0. The molecule has 1 aromatic rings. The molecule has 1 aromatic heterocycles. The molecule has 15 heavy (non-hydrogen) atoms. The van der Waals surface area contributed by atoms with Crippen LogP contribution in [-0.2, 0) is 13.0 Å². The molecule has 3 N–H and O–H groups in total. The molecule has 0 aliphatic rings. The largest absolute Gasteiger partial charge is 0.360 e. The molecule has 1 rings (SSSR count). The van der Waals surface area contributed by atoms with E-state index in [0.717, 1.165) is 6.07 Å². The molecule has 0 fully saturated rings. The van der Waals surface area contributed by atoms with Crippen molar-refractivity contribution < 1.29 is 8.78 Å². The molecule has 80 valence electrons. The highest BCUT2D eigenvalue weighted by Gasteiger charge is 2.18. The maximum atomic E-state index is 12.5. The van der Waals surface area contributed by atoms with E-state index in [1.807, 2.05) is 0 Å². The van der Waals surface area contributed by atoms with Gasteiger partial charge in [0, 0.05) is 24.0 Å². The summed E-state index contributed by atoms with van der Waals surface area (Å²) in [5, 5.41) is 8.43. The lowest BCUT2D eigenvalue weighted by Crippen LogP contribution is -2.17. The number of hydrogen-bond acceptors (Lipinski definition) is 3. The van der Waals surface area contributed by atoms with Crippen molar-refractivity contribution in [2.75, 3.05) is 0 Å². The molecule has 0 amide bonds. The van der Waals surface area contributed by atoms with Crippen molar-refractivity contribution in [1.29, 1.82) is 5.26 Å². The Morgan fingerprint density at radius 2 is 2.27 bits per heavy atom. The number of nitrogens with one attached hydrogen (secondary N) is 1. The van der Waals surface area contributed by atoms with Gasteiger partial charge < -0.3 is 10.7 Å². The van der Waals surface area contributed by atoms with Crippen LogP contribution in [0.3, 0.4) is 0 Å². The van der Waals surface area contributed by atoms with Gasteiger partial charge in [0.05, 0.1) is 18.1 Å². The van der Waals surface area contributed by atoms with Gasteiger partial charge in [-0.1, -0.05) is 0 Å². The fourth-order valence-corrected chi connectivity index (χ4v) is 1.25. The second-order valence-corrected chi connectivity index (χ2v) is 2.89. The zero-order valence-electron chi connectivity index (χ0n) is 7.76. The SMILES string of the molecule is N#CCc1[nH]c(CN)cc(=O)c1C(F)F. The molecule has 0 aliphatic heterocycles. The fourth-order valence-electron chi connectivity index (χ4n) is 1.25. The van der Waals surface area contributed by atoms with Gasteiger partial charge in [-0.05, 0) is 0 Å². The van der Waals surface area contributed by atoms with Crippen LogP contribution >= 0.6 is 0 Å². The number of aromatic amines is 1. The third-order valence-corrected chi connectivity index (χ3v) is 1.90. The molecular formula is C9H9F2N3O. The Bertz CT molecular complexity index is 448. The van der Waals surface area contributed by atoms with Crippen molar-refractivity contribution in [2.24, 2.45) is 5.73 Å². The Kier molecular flexibility index (Phi) is 3.52. The average Bonchev–Trinajstić information content (AvgIpc) is 2.16. The normalized spacial score (nSPS) is 10.3. The van der Waals surface area contributed by atoms with E-state index >= 15 is 0 Å². The van der Waals surface area contributed by atoms with Gasteiger partial charge in [0.2, 0.25) is 0 Å². The fraction of sp³-hybridized carbons (Fsp3) is 0.333. The Morgan fingerprint density at radius 3 is 2.73 bits per heavy atom. The van der Waals surface area contributed by atoms with Gasteiger partial charge in [0.15, 0.2) is 5.43 Å². The highest BCUT2D eigenvalue weighted by atomic mass is 19.3. The minimum absolute atomic E-state index is 0.0389. The van der Waals surface area contributed by atoms with Crippen molar-refractivity contribution in [2.45, 2.75) is 19.4 Å². The third-order valence-electron chi connectivity index (χ3n) is 1.90. The summed E-state index contributed by atoms with van der Waals surface area (Å²) in [5.74, 6) is 0. The first kappa shape index (κ1) is 11.3. The van der Waals surface area contributed by atoms with E-state index in [1.54, 1.807) is 6.07 Å². The molecule has 1 heterocycles. The van der Waals surface area contributed by atoms with Crippen LogP contribution in [0, 0.1) is 11.3 Å². The predicted octanol–water partition coefficient (Wildman–Crippen LogP) is 0.837. The summed E-state index contributed by atoms with van der Waals surface area (Å²) in [6.45, 7) is 0.0389. The summed E-state index contributed by atoms with van der Waals surface area (Å²) in [4.78, 5) is 13.8. The monoisotopic (exact) mass is 213 g/mol. The van der Waals surface area contributed by atoms with Crippen molar-refractivity contribution in [3.8, 4) is 6.07 Å². The van der Waals surface area contributed by atoms with E-state index in [4.69, 9.17) is 11.0 Å². The average molecular weight is 213 g/mol. The topological polar surface area (TPSA) is 82.7 Å². The molecule has 0 aliphatic carbocycles. The van der Waals surface area contributed by atoms with Gasteiger partial charge in [-0.15, -0.1) is 0 Å². The van der Waals surface area contributed by atoms with Crippen molar-refractivity contribution in [3.63, 3.8) is 0 Å². The molecule has 0 unspecified atom stereocenters. The summed E-state index contributed by atoms with van der Waals surface area (Å²) in [6, 6.07) is 2.74. The van der Waals surface area contributed by atoms with Crippen molar-refractivity contribution in [1.82, 2.24) is 4.98 Å². The number of aromatic nitrogens is 1.